The maximum absolute atomic E-state index is 13.6. The Bertz CT molecular complexity index is 1640. The minimum absolute atomic E-state index is 0.202. The van der Waals surface area contributed by atoms with Crippen LogP contribution >= 0.6 is 0 Å². The van der Waals surface area contributed by atoms with Gasteiger partial charge in [0.15, 0.2) is 0 Å². The average molecular weight is 481 g/mol. The van der Waals surface area contributed by atoms with Crippen LogP contribution in [0.25, 0.3) is 38.5 Å². The molecule has 0 aliphatic carbocycles. The molecule has 0 fully saturated rings. The van der Waals surface area contributed by atoms with Crippen LogP contribution in [0.2, 0.25) is 0 Å². The Morgan fingerprint density at radius 3 is 2.12 bits per heavy atom. The molecule has 5 aromatic rings. The van der Waals surface area contributed by atoms with E-state index < -0.39 is 21.9 Å². The van der Waals surface area contributed by atoms with E-state index in [-0.39, 0.29) is 5.69 Å². The molecule has 0 amide bonds. The van der Waals surface area contributed by atoms with E-state index in [1.165, 1.54) is 28.8 Å². The molecule has 172 valence electrons. The minimum atomic E-state index is -4.53. The molecule has 0 aliphatic rings. The van der Waals surface area contributed by atoms with Crippen LogP contribution in [0.1, 0.15) is 5.56 Å². The van der Waals surface area contributed by atoms with E-state index in [4.69, 9.17) is 5.14 Å². The lowest BCUT2D eigenvalue weighted by Gasteiger charge is -2.12. The predicted molar refractivity (Wildman–Crippen MR) is 128 cm³/mol. The van der Waals surface area contributed by atoms with Crippen LogP contribution in [0.4, 0.5) is 18.9 Å². The van der Waals surface area contributed by atoms with Gasteiger partial charge in [0.05, 0.1) is 11.3 Å². The van der Waals surface area contributed by atoms with Crippen LogP contribution in [0.3, 0.4) is 0 Å². The summed E-state index contributed by atoms with van der Waals surface area (Å²) in [5.74, 6) is 0. The van der Waals surface area contributed by atoms with Gasteiger partial charge in [0.1, 0.15) is 0 Å². The smallest absolute Gasteiger partial charge is 0.316 e. The van der Waals surface area contributed by atoms with Gasteiger partial charge in [-0.3, -0.25) is 4.72 Å². The van der Waals surface area contributed by atoms with Gasteiger partial charge in [-0.25, -0.2) is 5.14 Å². The second-order valence-corrected chi connectivity index (χ2v) is 9.19. The van der Waals surface area contributed by atoms with E-state index in [1.807, 2.05) is 48.5 Å². The molecule has 0 radical (unpaired) electrons. The van der Waals surface area contributed by atoms with Crippen molar-refractivity contribution in [2.75, 3.05) is 4.72 Å². The molecule has 1 heterocycles. The molecule has 0 saturated carbocycles. The fourth-order valence-corrected chi connectivity index (χ4v) is 4.53. The first-order valence-corrected chi connectivity index (χ1v) is 11.8. The normalized spacial score (nSPS) is 12.4. The monoisotopic (exact) mass is 481 g/mol. The number of halogens is 3. The first-order chi connectivity index (χ1) is 16.1. The summed E-state index contributed by atoms with van der Waals surface area (Å²) in [5.41, 5.74) is 0.823. The highest BCUT2D eigenvalue weighted by Crippen LogP contribution is 2.37. The van der Waals surface area contributed by atoms with E-state index in [1.54, 1.807) is 6.07 Å². The fraction of sp³-hybridized carbons (Fsp3) is 0.0400. The number of nitrogens with two attached hydrogens (primary N) is 1. The third-order valence-electron chi connectivity index (χ3n) is 5.60. The zero-order valence-corrected chi connectivity index (χ0v) is 18.4. The van der Waals surface area contributed by atoms with Gasteiger partial charge < -0.3 is 4.57 Å². The average Bonchev–Trinajstić information content (AvgIpc) is 3.24. The quantitative estimate of drug-likeness (QED) is 0.305. The summed E-state index contributed by atoms with van der Waals surface area (Å²) in [5, 5.41) is 8.95. The number of fused-ring (bicyclic) bond motifs is 3. The molecule has 1 aromatic heterocycles. The largest absolute Gasteiger partial charge is 0.417 e. The zero-order chi connectivity index (χ0) is 24.1. The van der Waals surface area contributed by atoms with Crippen molar-refractivity contribution in [2.45, 2.75) is 6.18 Å². The van der Waals surface area contributed by atoms with E-state index in [0.29, 0.717) is 16.9 Å². The lowest BCUT2D eigenvalue weighted by Crippen LogP contribution is -2.21. The minimum Gasteiger partial charge on any atom is -0.316 e. The third kappa shape index (κ3) is 4.23. The van der Waals surface area contributed by atoms with Crippen molar-refractivity contribution < 1.29 is 21.6 Å². The number of nitrogens with one attached hydrogen (secondary N) is 1. The lowest BCUT2D eigenvalue weighted by molar-refractivity contribution is -0.137. The lowest BCUT2D eigenvalue weighted by atomic mass is 9.99. The third-order valence-corrected chi connectivity index (χ3v) is 6.12. The molecule has 4 aromatic carbocycles. The van der Waals surface area contributed by atoms with Crippen LogP contribution < -0.4 is 9.86 Å². The summed E-state index contributed by atoms with van der Waals surface area (Å²) in [7, 11) is -3.97. The molecule has 34 heavy (non-hydrogen) atoms. The number of hydrogen-bond donors (Lipinski definition) is 2. The molecule has 3 N–H and O–H groups in total. The topological polar surface area (TPSA) is 77.1 Å². The second kappa shape index (κ2) is 7.89. The molecular weight excluding hydrogens is 463 g/mol. The number of benzene rings is 4. The number of aromatic nitrogens is 1. The molecule has 0 aliphatic heterocycles. The highest BCUT2D eigenvalue weighted by molar-refractivity contribution is 7.90. The maximum Gasteiger partial charge on any atom is 0.417 e. The number of alkyl halides is 3. The summed E-state index contributed by atoms with van der Waals surface area (Å²) in [6.45, 7) is 0. The van der Waals surface area contributed by atoms with E-state index in [0.717, 1.165) is 33.8 Å². The van der Waals surface area contributed by atoms with Crippen molar-refractivity contribution in [1.82, 2.24) is 4.57 Å². The summed E-state index contributed by atoms with van der Waals surface area (Å²) in [4.78, 5) is 0. The summed E-state index contributed by atoms with van der Waals surface area (Å²) >= 11 is 0. The standard InChI is InChI=1S/C25H18F3N3O2S/c26-25(27,28)19-14-24(31(15-19)21-11-9-20(10-12-21)30-34(29,32)33)18-8-7-17-6-5-16-3-1-2-4-22(16)23(17)13-18/h1-15,30H,(H2,29,32,33). The van der Waals surface area contributed by atoms with Crippen LogP contribution in [0.5, 0.6) is 0 Å². The summed E-state index contributed by atoms with van der Waals surface area (Å²) in [6, 6.07) is 24.4. The van der Waals surface area contributed by atoms with Crippen LogP contribution in [0.15, 0.2) is 91.1 Å². The molecule has 0 bridgehead atoms. The number of nitrogens with zero attached hydrogens (tertiary/aromatic N) is 1. The van der Waals surface area contributed by atoms with Crippen molar-refractivity contribution >= 4 is 37.4 Å². The first-order valence-electron chi connectivity index (χ1n) is 10.2. The van der Waals surface area contributed by atoms with Crippen molar-refractivity contribution in [3.8, 4) is 16.9 Å². The van der Waals surface area contributed by atoms with E-state index >= 15 is 0 Å². The molecular formula is C25H18F3N3O2S. The van der Waals surface area contributed by atoms with Crippen LogP contribution in [-0.4, -0.2) is 13.0 Å². The second-order valence-electron chi connectivity index (χ2n) is 7.90. The van der Waals surface area contributed by atoms with Gasteiger partial charge in [-0.15, -0.1) is 0 Å². The van der Waals surface area contributed by atoms with Crippen molar-refractivity contribution in [1.29, 1.82) is 0 Å². The first kappa shape index (κ1) is 22.0. The van der Waals surface area contributed by atoms with Gasteiger partial charge in [-0.1, -0.05) is 48.5 Å². The van der Waals surface area contributed by atoms with Crippen molar-refractivity contribution in [3.63, 3.8) is 0 Å². The number of hydrogen-bond acceptors (Lipinski definition) is 2. The highest BCUT2D eigenvalue weighted by Gasteiger charge is 2.33. The molecule has 0 atom stereocenters. The Morgan fingerprint density at radius 1 is 0.794 bits per heavy atom. The van der Waals surface area contributed by atoms with Gasteiger partial charge in [-0.2, -0.15) is 21.6 Å². The fourth-order valence-electron chi connectivity index (χ4n) is 4.07. The summed E-state index contributed by atoms with van der Waals surface area (Å²) in [6.07, 6.45) is -3.50. The highest BCUT2D eigenvalue weighted by atomic mass is 32.2. The Balaban J connectivity index is 1.68. The van der Waals surface area contributed by atoms with Crippen LogP contribution in [-0.2, 0) is 16.4 Å². The van der Waals surface area contributed by atoms with Gasteiger partial charge in [0.25, 0.3) is 10.2 Å². The van der Waals surface area contributed by atoms with Gasteiger partial charge in [0.2, 0.25) is 0 Å². The number of rotatable bonds is 4. The Labute approximate surface area is 193 Å². The van der Waals surface area contributed by atoms with E-state index in [9.17, 15) is 21.6 Å². The predicted octanol–water partition coefficient (Wildman–Crippen LogP) is 6.08. The van der Waals surface area contributed by atoms with Gasteiger partial charge in [-0.05, 0) is 63.5 Å². The Hall–Kier alpha value is -3.82. The molecule has 0 unspecified atom stereocenters. The molecule has 0 spiro atoms. The van der Waals surface area contributed by atoms with Gasteiger partial charge >= 0.3 is 6.18 Å². The maximum atomic E-state index is 13.6. The molecule has 0 saturated heterocycles. The zero-order valence-electron chi connectivity index (χ0n) is 17.5. The van der Waals surface area contributed by atoms with Crippen LogP contribution in [0, 0.1) is 0 Å². The molecule has 5 rings (SSSR count). The SMILES string of the molecule is NS(=O)(=O)Nc1ccc(-n2cc(C(F)(F)F)cc2-c2ccc3ccc4ccccc4c3c2)cc1. The number of anilines is 1. The Kier molecular flexibility index (Phi) is 5.11. The van der Waals surface area contributed by atoms with Gasteiger partial charge in [0, 0.05) is 17.6 Å². The van der Waals surface area contributed by atoms with E-state index in [2.05, 4.69) is 4.72 Å². The van der Waals surface area contributed by atoms with Crippen molar-refractivity contribution in [2.24, 2.45) is 5.14 Å². The molecule has 9 heteroatoms. The molecule has 5 nitrogen and oxygen atoms in total. The van der Waals surface area contributed by atoms with Crippen molar-refractivity contribution in [3.05, 3.63) is 96.7 Å². The summed E-state index contributed by atoms with van der Waals surface area (Å²) < 4.78 is 66.9. The Morgan fingerprint density at radius 2 is 1.44 bits per heavy atom.